The Morgan fingerprint density at radius 3 is 2.46 bits per heavy atom. The van der Waals surface area contributed by atoms with E-state index >= 15 is 0 Å². The smallest absolute Gasteiger partial charge is 0.163 e. The van der Waals surface area contributed by atoms with E-state index in [1.54, 1.807) is 19.2 Å². The van der Waals surface area contributed by atoms with Crippen molar-refractivity contribution < 1.29 is 18.7 Å². The zero-order valence-electron chi connectivity index (χ0n) is 20.2. The van der Waals surface area contributed by atoms with Crippen LogP contribution in [0.4, 0.5) is 15.8 Å². The quantitative estimate of drug-likeness (QED) is 0.436. The molecular weight excluding hydrogens is 443 g/mol. The standard InChI is InChI=1S/C29H29FN2O3/c1-29(2)15-23-27(24(33)16-29)28(32-22-7-5-4-6-21(22)31-23)19-10-13-25(26(14-19)34-3)35-17-18-8-11-20(30)12-9-18/h4-14,28,31-32H,15-17H2,1-3H3. The first-order chi connectivity index (χ1) is 16.8. The minimum Gasteiger partial charge on any atom is -0.493 e. The Balaban J connectivity index is 1.50. The van der Waals surface area contributed by atoms with E-state index in [2.05, 4.69) is 24.5 Å². The summed E-state index contributed by atoms with van der Waals surface area (Å²) in [6.07, 6.45) is 1.29. The highest BCUT2D eigenvalue weighted by atomic mass is 19.1. The van der Waals surface area contributed by atoms with Crippen molar-refractivity contribution >= 4 is 17.2 Å². The van der Waals surface area contributed by atoms with Gasteiger partial charge in [-0.1, -0.05) is 44.2 Å². The molecule has 35 heavy (non-hydrogen) atoms. The van der Waals surface area contributed by atoms with E-state index in [4.69, 9.17) is 9.47 Å². The summed E-state index contributed by atoms with van der Waals surface area (Å²) in [4.78, 5) is 13.4. The fraction of sp³-hybridized carbons (Fsp3) is 0.276. The Morgan fingerprint density at radius 1 is 0.971 bits per heavy atom. The maximum atomic E-state index is 13.4. The van der Waals surface area contributed by atoms with Gasteiger partial charge in [-0.05, 0) is 59.4 Å². The highest BCUT2D eigenvalue weighted by Gasteiger charge is 2.38. The molecule has 3 aromatic carbocycles. The normalized spacial score (nSPS) is 18.5. The first kappa shape index (κ1) is 23.0. The summed E-state index contributed by atoms with van der Waals surface area (Å²) in [5, 5.41) is 7.14. The number of carbonyl (C=O) groups is 1. The van der Waals surface area contributed by atoms with Gasteiger partial charge in [0.15, 0.2) is 17.3 Å². The van der Waals surface area contributed by atoms with Gasteiger partial charge in [0.2, 0.25) is 0 Å². The van der Waals surface area contributed by atoms with Crippen LogP contribution >= 0.6 is 0 Å². The Kier molecular flexibility index (Phi) is 5.97. The number of carbonyl (C=O) groups excluding carboxylic acids is 1. The fourth-order valence-corrected chi connectivity index (χ4v) is 4.86. The van der Waals surface area contributed by atoms with E-state index in [0.29, 0.717) is 17.9 Å². The predicted octanol–water partition coefficient (Wildman–Crippen LogP) is 6.64. The molecule has 0 amide bonds. The number of ether oxygens (including phenoxy) is 2. The summed E-state index contributed by atoms with van der Waals surface area (Å²) in [7, 11) is 1.60. The van der Waals surface area contributed by atoms with Crippen LogP contribution in [-0.2, 0) is 11.4 Å². The second kappa shape index (κ2) is 9.10. The molecule has 3 aromatic rings. The number of Topliss-reactive ketones (excluding diaryl/α,β-unsaturated/α-hetero) is 1. The molecule has 0 saturated carbocycles. The molecule has 1 aliphatic heterocycles. The molecule has 2 aliphatic rings. The van der Waals surface area contributed by atoms with E-state index in [-0.39, 0.29) is 29.7 Å². The Labute approximate surface area is 205 Å². The van der Waals surface area contributed by atoms with Crippen LogP contribution in [0.25, 0.3) is 0 Å². The minimum absolute atomic E-state index is 0.109. The lowest BCUT2D eigenvalue weighted by atomic mass is 9.73. The summed E-state index contributed by atoms with van der Waals surface area (Å²) in [6.45, 7) is 4.55. The van der Waals surface area contributed by atoms with Crippen LogP contribution in [0.2, 0.25) is 0 Å². The highest BCUT2D eigenvalue weighted by molar-refractivity contribution is 6.01. The number of nitrogens with one attached hydrogen (secondary N) is 2. The molecule has 5 nitrogen and oxygen atoms in total. The highest BCUT2D eigenvalue weighted by Crippen LogP contribution is 2.46. The molecule has 6 heteroatoms. The summed E-state index contributed by atoms with van der Waals surface area (Å²) in [6, 6.07) is 19.6. The lowest BCUT2D eigenvalue weighted by molar-refractivity contribution is -0.118. The van der Waals surface area contributed by atoms with Gasteiger partial charge in [-0.25, -0.2) is 4.39 Å². The van der Waals surface area contributed by atoms with Crippen LogP contribution in [0.15, 0.2) is 78.0 Å². The second-order valence-electron chi connectivity index (χ2n) is 9.91. The number of hydrogen-bond acceptors (Lipinski definition) is 5. The van der Waals surface area contributed by atoms with Gasteiger partial charge < -0.3 is 20.1 Å². The number of anilines is 2. The number of fused-ring (bicyclic) bond motifs is 1. The molecular formula is C29H29FN2O3. The Bertz CT molecular complexity index is 1300. The van der Waals surface area contributed by atoms with Gasteiger partial charge in [0.1, 0.15) is 12.4 Å². The minimum atomic E-state index is -0.329. The second-order valence-corrected chi connectivity index (χ2v) is 9.91. The van der Waals surface area contributed by atoms with Gasteiger partial charge in [-0.2, -0.15) is 0 Å². The van der Waals surface area contributed by atoms with Crippen molar-refractivity contribution in [1.29, 1.82) is 0 Å². The van der Waals surface area contributed by atoms with Crippen molar-refractivity contribution in [3.05, 3.63) is 94.9 Å². The molecule has 1 unspecified atom stereocenters. The van der Waals surface area contributed by atoms with Crippen LogP contribution in [0.1, 0.15) is 43.9 Å². The summed E-state index contributed by atoms with van der Waals surface area (Å²) in [5.74, 6) is 1.02. The van der Waals surface area contributed by atoms with E-state index in [9.17, 15) is 9.18 Å². The van der Waals surface area contributed by atoms with E-state index in [1.165, 1.54) is 12.1 Å². The number of halogens is 1. The monoisotopic (exact) mass is 472 g/mol. The van der Waals surface area contributed by atoms with Crippen LogP contribution in [-0.4, -0.2) is 12.9 Å². The number of methoxy groups -OCH3 is 1. The molecule has 180 valence electrons. The fourth-order valence-electron chi connectivity index (χ4n) is 4.86. The predicted molar refractivity (Wildman–Crippen MR) is 135 cm³/mol. The molecule has 0 saturated heterocycles. The maximum absolute atomic E-state index is 13.4. The first-order valence-electron chi connectivity index (χ1n) is 11.8. The van der Waals surface area contributed by atoms with Gasteiger partial charge in [0.05, 0.1) is 24.5 Å². The molecule has 5 rings (SSSR count). The molecule has 1 heterocycles. The van der Waals surface area contributed by atoms with Gasteiger partial charge in [0.25, 0.3) is 0 Å². The van der Waals surface area contributed by atoms with Gasteiger partial charge in [-0.15, -0.1) is 0 Å². The SMILES string of the molecule is COc1cc(C2Nc3ccccc3NC3=C2C(=O)CC(C)(C)C3)ccc1OCc1ccc(F)cc1. The molecule has 0 fully saturated rings. The van der Waals surface area contributed by atoms with Crippen molar-refractivity contribution in [3.63, 3.8) is 0 Å². The first-order valence-corrected chi connectivity index (χ1v) is 11.8. The largest absolute Gasteiger partial charge is 0.493 e. The van der Waals surface area contributed by atoms with Gasteiger partial charge in [0, 0.05) is 17.7 Å². The van der Waals surface area contributed by atoms with E-state index in [0.717, 1.165) is 40.2 Å². The summed E-state index contributed by atoms with van der Waals surface area (Å²) < 4.78 is 24.8. The van der Waals surface area contributed by atoms with Crippen LogP contribution < -0.4 is 20.1 Å². The van der Waals surface area contributed by atoms with Crippen molar-refractivity contribution in [2.75, 3.05) is 17.7 Å². The molecule has 0 aromatic heterocycles. The van der Waals surface area contributed by atoms with E-state index < -0.39 is 0 Å². The third-order valence-electron chi connectivity index (χ3n) is 6.55. The van der Waals surface area contributed by atoms with Crippen LogP contribution in [0, 0.1) is 11.2 Å². The summed E-state index contributed by atoms with van der Waals surface area (Å²) >= 11 is 0. The average molecular weight is 473 g/mol. The molecule has 2 N–H and O–H groups in total. The van der Waals surface area contributed by atoms with Gasteiger partial charge >= 0.3 is 0 Å². The number of ketones is 1. The average Bonchev–Trinajstić information content (AvgIpc) is 2.99. The van der Waals surface area contributed by atoms with Crippen molar-refractivity contribution in [3.8, 4) is 11.5 Å². The van der Waals surface area contributed by atoms with Crippen molar-refractivity contribution in [2.45, 2.75) is 39.3 Å². The Hall–Kier alpha value is -3.80. The summed E-state index contributed by atoms with van der Waals surface area (Å²) in [5.41, 5.74) is 5.28. The molecule has 1 aliphatic carbocycles. The Morgan fingerprint density at radius 2 is 1.71 bits per heavy atom. The zero-order chi connectivity index (χ0) is 24.6. The molecule has 0 spiro atoms. The topological polar surface area (TPSA) is 59.6 Å². The molecule has 0 bridgehead atoms. The number of benzene rings is 3. The van der Waals surface area contributed by atoms with Crippen LogP contribution in [0.5, 0.6) is 11.5 Å². The molecule has 1 atom stereocenters. The van der Waals surface area contributed by atoms with Crippen molar-refractivity contribution in [2.24, 2.45) is 5.41 Å². The number of rotatable bonds is 5. The molecule has 0 radical (unpaired) electrons. The van der Waals surface area contributed by atoms with Crippen LogP contribution in [0.3, 0.4) is 0 Å². The van der Waals surface area contributed by atoms with E-state index in [1.807, 2.05) is 42.5 Å². The third-order valence-corrected chi connectivity index (χ3v) is 6.55. The lowest BCUT2D eigenvalue weighted by Gasteiger charge is -2.34. The van der Waals surface area contributed by atoms with Gasteiger partial charge in [-0.3, -0.25) is 4.79 Å². The third kappa shape index (κ3) is 4.74. The number of allylic oxidation sites excluding steroid dienone is 1. The maximum Gasteiger partial charge on any atom is 0.163 e. The van der Waals surface area contributed by atoms with Crippen molar-refractivity contribution in [1.82, 2.24) is 0 Å². The zero-order valence-corrected chi connectivity index (χ0v) is 20.2. The number of para-hydroxylation sites is 2. The lowest BCUT2D eigenvalue weighted by Crippen LogP contribution is -2.31. The number of hydrogen-bond donors (Lipinski definition) is 2.